The molecule has 5 nitrogen and oxygen atoms in total. The van der Waals surface area contributed by atoms with E-state index in [-0.39, 0.29) is 5.82 Å². The zero-order valence-electron chi connectivity index (χ0n) is 13.5. The van der Waals surface area contributed by atoms with Gasteiger partial charge in [-0.1, -0.05) is 5.16 Å². The third-order valence-corrected chi connectivity index (χ3v) is 5.23. The van der Waals surface area contributed by atoms with Crippen LogP contribution in [0.3, 0.4) is 0 Å². The fourth-order valence-electron chi connectivity index (χ4n) is 3.66. The third kappa shape index (κ3) is 2.65. The van der Waals surface area contributed by atoms with Crippen molar-refractivity contribution in [3.8, 4) is 0 Å². The van der Waals surface area contributed by atoms with Crippen molar-refractivity contribution in [3.05, 3.63) is 23.5 Å². The highest BCUT2D eigenvalue weighted by molar-refractivity contribution is 6.07. The zero-order chi connectivity index (χ0) is 16.0. The Bertz CT molecular complexity index is 636. The molecule has 1 N–H and O–H groups in total. The molecule has 1 aromatic carbocycles. The molecule has 124 valence electrons. The monoisotopic (exact) mass is 318 g/mol. The van der Waals surface area contributed by atoms with Crippen LogP contribution in [0, 0.1) is 5.82 Å². The third-order valence-electron chi connectivity index (χ3n) is 5.23. The van der Waals surface area contributed by atoms with Crippen LogP contribution >= 0.6 is 0 Å². The van der Waals surface area contributed by atoms with Crippen molar-refractivity contribution < 1.29 is 9.60 Å². The number of fused-ring (bicyclic) bond motifs is 1. The molecule has 0 atom stereocenters. The van der Waals surface area contributed by atoms with Gasteiger partial charge in [0.25, 0.3) is 0 Å². The van der Waals surface area contributed by atoms with E-state index in [2.05, 4.69) is 26.9 Å². The molecule has 0 bridgehead atoms. The van der Waals surface area contributed by atoms with Crippen LogP contribution in [-0.2, 0) is 0 Å². The van der Waals surface area contributed by atoms with Crippen molar-refractivity contribution in [3.63, 3.8) is 0 Å². The maximum absolute atomic E-state index is 14.7. The second-order valence-corrected chi connectivity index (χ2v) is 6.83. The van der Waals surface area contributed by atoms with E-state index < -0.39 is 0 Å². The highest BCUT2D eigenvalue weighted by Gasteiger charge is 2.35. The largest absolute Gasteiger partial charge is 0.411 e. The fourth-order valence-corrected chi connectivity index (χ4v) is 3.66. The smallest absolute Gasteiger partial charge is 0.147 e. The summed E-state index contributed by atoms with van der Waals surface area (Å²) < 4.78 is 14.7. The standard InChI is InChI=1S/C17H23FN4O/c1-20-6-8-21(9-7-20)17-11-16-13(10-14(17)18)15(19-23)4-5-22(16)12-2-3-12/h10-12,23H,2-9H2,1H3. The van der Waals surface area contributed by atoms with Crippen LogP contribution in [-0.4, -0.2) is 61.6 Å². The molecule has 6 heteroatoms. The first-order chi connectivity index (χ1) is 11.2. The quantitative estimate of drug-likeness (QED) is 0.670. The molecular weight excluding hydrogens is 295 g/mol. The molecule has 1 saturated heterocycles. The van der Waals surface area contributed by atoms with E-state index in [1.165, 1.54) is 12.8 Å². The number of likely N-dealkylation sites (N-methyl/N-ethyl adjacent to an activating group) is 1. The summed E-state index contributed by atoms with van der Waals surface area (Å²) in [5.74, 6) is -0.216. The summed E-state index contributed by atoms with van der Waals surface area (Å²) in [6.07, 6.45) is 3.08. The number of oxime groups is 1. The van der Waals surface area contributed by atoms with Crippen molar-refractivity contribution in [2.24, 2.45) is 5.16 Å². The van der Waals surface area contributed by atoms with Crippen LogP contribution in [0.15, 0.2) is 17.3 Å². The highest BCUT2D eigenvalue weighted by atomic mass is 19.1. The van der Waals surface area contributed by atoms with E-state index in [0.717, 1.165) is 44.0 Å². The normalized spacial score (nSPS) is 24.2. The first-order valence-corrected chi connectivity index (χ1v) is 8.42. The maximum Gasteiger partial charge on any atom is 0.147 e. The first kappa shape index (κ1) is 14.8. The predicted molar refractivity (Wildman–Crippen MR) is 89.4 cm³/mol. The molecule has 0 amide bonds. The number of rotatable bonds is 2. The van der Waals surface area contributed by atoms with E-state index in [1.54, 1.807) is 6.07 Å². The molecule has 1 aliphatic carbocycles. The van der Waals surface area contributed by atoms with E-state index in [1.807, 2.05) is 6.07 Å². The SMILES string of the molecule is CN1CCN(c2cc3c(cc2F)C(=NO)CCN3C2CC2)CC1. The lowest BCUT2D eigenvalue weighted by atomic mass is 9.98. The van der Waals surface area contributed by atoms with Gasteiger partial charge in [0.15, 0.2) is 0 Å². The summed E-state index contributed by atoms with van der Waals surface area (Å²) in [6.45, 7) is 4.44. The summed E-state index contributed by atoms with van der Waals surface area (Å²) in [4.78, 5) is 6.76. The van der Waals surface area contributed by atoms with E-state index in [0.29, 0.717) is 23.9 Å². The van der Waals surface area contributed by atoms with Gasteiger partial charge in [-0.2, -0.15) is 0 Å². The Morgan fingerprint density at radius 3 is 2.48 bits per heavy atom. The van der Waals surface area contributed by atoms with Crippen molar-refractivity contribution in [1.29, 1.82) is 0 Å². The van der Waals surface area contributed by atoms with Crippen molar-refractivity contribution in [1.82, 2.24) is 4.90 Å². The second kappa shape index (κ2) is 5.67. The van der Waals surface area contributed by atoms with Crippen molar-refractivity contribution in [2.45, 2.75) is 25.3 Å². The van der Waals surface area contributed by atoms with Gasteiger partial charge in [0.1, 0.15) is 5.82 Å². The molecule has 0 radical (unpaired) electrons. The van der Waals surface area contributed by atoms with Crippen molar-refractivity contribution >= 4 is 17.1 Å². The molecule has 2 aliphatic heterocycles. The van der Waals surface area contributed by atoms with Gasteiger partial charge in [-0.05, 0) is 32.0 Å². The van der Waals surface area contributed by atoms with E-state index in [9.17, 15) is 9.60 Å². The Labute approximate surface area is 136 Å². The van der Waals surface area contributed by atoms with Gasteiger partial charge < -0.3 is 19.9 Å². The minimum absolute atomic E-state index is 0.216. The fraction of sp³-hybridized carbons (Fsp3) is 0.588. The number of hydrogen-bond donors (Lipinski definition) is 1. The van der Waals surface area contributed by atoms with Crippen LogP contribution in [0.25, 0.3) is 0 Å². The van der Waals surface area contributed by atoms with Crippen LogP contribution < -0.4 is 9.80 Å². The average molecular weight is 318 g/mol. The van der Waals surface area contributed by atoms with E-state index in [4.69, 9.17) is 0 Å². The Balaban J connectivity index is 1.73. The highest BCUT2D eigenvalue weighted by Crippen LogP contribution is 2.40. The van der Waals surface area contributed by atoms with Gasteiger partial charge in [0.05, 0.1) is 11.4 Å². The number of halogens is 1. The van der Waals surface area contributed by atoms with Gasteiger partial charge in [-0.3, -0.25) is 0 Å². The summed E-state index contributed by atoms with van der Waals surface area (Å²) in [6, 6.07) is 4.10. The topological polar surface area (TPSA) is 42.3 Å². The summed E-state index contributed by atoms with van der Waals surface area (Å²) >= 11 is 0. The van der Waals surface area contributed by atoms with Crippen molar-refractivity contribution in [2.75, 3.05) is 49.6 Å². The number of anilines is 2. The van der Waals surface area contributed by atoms with Crippen LogP contribution in [0.1, 0.15) is 24.8 Å². The number of benzene rings is 1. The lowest BCUT2D eigenvalue weighted by Crippen LogP contribution is -2.45. The second-order valence-electron chi connectivity index (χ2n) is 6.83. The van der Waals surface area contributed by atoms with Crippen LogP contribution in [0.4, 0.5) is 15.8 Å². The molecule has 4 rings (SSSR count). The van der Waals surface area contributed by atoms with Gasteiger partial charge >= 0.3 is 0 Å². The van der Waals surface area contributed by atoms with Gasteiger partial charge in [0.2, 0.25) is 0 Å². The molecule has 0 aromatic heterocycles. The van der Waals surface area contributed by atoms with Gasteiger partial charge in [-0.25, -0.2) is 4.39 Å². The lowest BCUT2D eigenvalue weighted by Gasteiger charge is -2.37. The Hall–Kier alpha value is -1.82. The Kier molecular flexibility index (Phi) is 3.64. The predicted octanol–water partition coefficient (Wildman–Crippen LogP) is 2.13. The summed E-state index contributed by atoms with van der Waals surface area (Å²) in [7, 11) is 2.10. The Morgan fingerprint density at radius 2 is 1.83 bits per heavy atom. The number of hydrogen-bond acceptors (Lipinski definition) is 5. The molecule has 1 saturated carbocycles. The molecule has 2 fully saturated rings. The zero-order valence-corrected chi connectivity index (χ0v) is 13.5. The summed E-state index contributed by atoms with van der Waals surface area (Å²) in [5, 5.41) is 12.6. The van der Waals surface area contributed by atoms with Crippen LogP contribution in [0.2, 0.25) is 0 Å². The van der Waals surface area contributed by atoms with Crippen LogP contribution in [0.5, 0.6) is 0 Å². The lowest BCUT2D eigenvalue weighted by molar-refractivity contribution is 0.311. The molecule has 3 aliphatic rings. The molecular formula is C17H23FN4O. The molecule has 23 heavy (non-hydrogen) atoms. The first-order valence-electron chi connectivity index (χ1n) is 8.42. The maximum atomic E-state index is 14.7. The molecule has 1 aromatic rings. The Morgan fingerprint density at radius 1 is 1.09 bits per heavy atom. The minimum Gasteiger partial charge on any atom is -0.411 e. The van der Waals surface area contributed by atoms with Gasteiger partial charge in [-0.15, -0.1) is 0 Å². The van der Waals surface area contributed by atoms with Gasteiger partial charge in [0, 0.05) is 56.4 Å². The van der Waals surface area contributed by atoms with E-state index >= 15 is 0 Å². The molecule has 0 spiro atoms. The number of piperazine rings is 1. The molecule has 0 unspecified atom stereocenters. The summed E-state index contributed by atoms with van der Waals surface area (Å²) in [5.41, 5.74) is 3.06. The minimum atomic E-state index is -0.216. The average Bonchev–Trinajstić information content (AvgIpc) is 3.39. The molecule has 2 heterocycles. The number of nitrogens with zero attached hydrogens (tertiary/aromatic N) is 4.